The van der Waals surface area contributed by atoms with Crippen LogP contribution in [0.4, 0.5) is 0 Å². The number of aliphatic hydroxyl groups excluding tert-OH is 1. The summed E-state index contributed by atoms with van der Waals surface area (Å²) in [4.78, 5) is 2.43. The van der Waals surface area contributed by atoms with Gasteiger partial charge in [0.05, 0.1) is 0 Å². The van der Waals surface area contributed by atoms with Crippen molar-refractivity contribution in [2.75, 3.05) is 33.3 Å². The van der Waals surface area contributed by atoms with Gasteiger partial charge in [0, 0.05) is 25.7 Å². The van der Waals surface area contributed by atoms with E-state index in [-0.39, 0.29) is 0 Å². The Bertz CT molecular complexity index is 126. The highest BCUT2D eigenvalue weighted by atomic mass is 16.2. The van der Waals surface area contributed by atoms with Crippen molar-refractivity contribution < 1.29 is 5.11 Å². The van der Waals surface area contributed by atoms with Crippen LogP contribution in [0.3, 0.4) is 0 Å². The maximum atomic E-state index is 8.56. The van der Waals surface area contributed by atoms with Crippen molar-refractivity contribution in [3.05, 3.63) is 0 Å². The standard InChI is InChI=1S/C10H22N2O/c1-12(10-4-5-10)8-7-11-6-2-3-9-13/h10-11,13H,2-9H2,1H3. The molecule has 0 heterocycles. The lowest BCUT2D eigenvalue weighted by molar-refractivity contribution is 0.282. The Kier molecular flexibility index (Phi) is 5.35. The Balaban J connectivity index is 1.77. The Hall–Kier alpha value is -0.120. The zero-order chi connectivity index (χ0) is 9.52. The van der Waals surface area contributed by atoms with Crippen molar-refractivity contribution >= 4 is 0 Å². The van der Waals surface area contributed by atoms with Crippen molar-refractivity contribution in [1.29, 1.82) is 0 Å². The van der Waals surface area contributed by atoms with Crippen molar-refractivity contribution in [3.63, 3.8) is 0 Å². The second-order valence-corrected chi connectivity index (χ2v) is 3.89. The van der Waals surface area contributed by atoms with E-state index in [4.69, 9.17) is 5.11 Å². The second kappa shape index (κ2) is 6.35. The lowest BCUT2D eigenvalue weighted by Crippen LogP contribution is -2.31. The quantitative estimate of drug-likeness (QED) is 0.540. The molecule has 0 spiro atoms. The van der Waals surface area contributed by atoms with Crippen LogP contribution < -0.4 is 5.32 Å². The zero-order valence-electron chi connectivity index (χ0n) is 8.63. The van der Waals surface area contributed by atoms with E-state index in [0.29, 0.717) is 6.61 Å². The van der Waals surface area contributed by atoms with Gasteiger partial charge in [0.15, 0.2) is 0 Å². The van der Waals surface area contributed by atoms with Crippen molar-refractivity contribution in [2.45, 2.75) is 31.7 Å². The predicted octanol–water partition coefficient (Wildman–Crippen LogP) is 0.443. The van der Waals surface area contributed by atoms with Crippen LogP contribution in [0.5, 0.6) is 0 Å². The molecule has 3 heteroatoms. The third-order valence-electron chi connectivity index (χ3n) is 2.57. The van der Waals surface area contributed by atoms with E-state index in [2.05, 4.69) is 17.3 Å². The predicted molar refractivity (Wildman–Crippen MR) is 54.8 cm³/mol. The largest absolute Gasteiger partial charge is 0.396 e. The summed E-state index contributed by atoms with van der Waals surface area (Å²) in [5.41, 5.74) is 0. The lowest BCUT2D eigenvalue weighted by atomic mass is 10.3. The molecule has 0 aromatic heterocycles. The summed E-state index contributed by atoms with van der Waals surface area (Å²) in [5, 5.41) is 11.9. The molecule has 1 fully saturated rings. The molecule has 0 aromatic rings. The van der Waals surface area contributed by atoms with Crippen molar-refractivity contribution in [3.8, 4) is 0 Å². The SMILES string of the molecule is CN(CCNCCCCO)C1CC1. The van der Waals surface area contributed by atoms with E-state index >= 15 is 0 Å². The van der Waals surface area contributed by atoms with Crippen LogP contribution in [-0.4, -0.2) is 49.3 Å². The molecular formula is C10H22N2O. The molecule has 0 atom stereocenters. The Morgan fingerprint density at radius 1 is 1.31 bits per heavy atom. The number of hydrogen-bond acceptors (Lipinski definition) is 3. The molecule has 1 saturated carbocycles. The van der Waals surface area contributed by atoms with Crippen LogP contribution in [0, 0.1) is 0 Å². The van der Waals surface area contributed by atoms with Gasteiger partial charge in [-0.05, 0) is 39.3 Å². The highest BCUT2D eigenvalue weighted by Gasteiger charge is 2.25. The maximum absolute atomic E-state index is 8.56. The topological polar surface area (TPSA) is 35.5 Å². The number of nitrogens with zero attached hydrogens (tertiary/aromatic N) is 1. The van der Waals surface area contributed by atoms with Gasteiger partial charge in [-0.2, -0.15) is 0 Å². The summed E-state index contributed by atoms with van der Waals surface area (Å²) in [7, 11) is 2.20. The van der Waals surface area contributed by atoms with Crippen LogP contribution in [-0.2, 0) is 0 Å². The molecule has 0 amide bonds. The molecule has 0 unspecified atom stereocenters. The van der Waals surface area contributed by atoms with Gasteiger partial charge in [0.2, 0.25) is 0 Å². The first kappa shape index (κ1) is 11.0. The van der Waals surface area contributed by atoms with E-state index in [1.54, 1.807) is 0 Å². The molecule has 3 nitrogen and oxygen atoms in total. The monoisotopic (exact) mass is 186 g/mol. The van der Waals surface area contributed by atoms with Crippen LogP contribution in [0.2, 0.25) is 0 Å². The van der Waals surface area contributed by atoms with Crippen molar-refractivity contribution in [2.24, 2.45) is 0 Å². The van der Waals surface area contributed by atoms with Gasteiger partial charge in [0.1, 0.15) is 0 Å². The Morgan fingerprint density at radius 2 is 2.08 bits per heavy atom. The highest BCUT2D eigenvalue weighted by molar-refractivity contribution is 4.82. The molecule has 0 bridgehead atoms. The van der Waals surface area contributed by atoms with E-state index in [1.165, 1.54) is 12.8 Å². The first-order chi connectivity index (χ1) is 6.34. The van der Waals surface area contributed by atoms with Crippen LogP contribution in [0.15, 0.2) is 0 Å². The second-order valence-electron chi connectivity index (χ2n) is 3.89. The fourth-order valence-corrected chi connectivity index (χ4v) is 1.44. The summed E-state index contributed by atoms with van der Waals surface area (Å²) in [6.45, 7) is 3.60. The molecule has 0 aromatic carbocycles. The Morgan fingerprint density at radius 3 is 2.69 bits per heavy atom. The minimum Gasteiger partial charge on any atom is -0.396 e. The third-order valence-corrected chi connectivity index (χ3v) is 2.57. The number of likely N-dealkylation sites (N-methyl/N-ethyl adjacent to an activating group) is 1. The average molecular weight is 186 g/mol. The minimum absolute atomic E-state index is 0.323. The molecule has 1 aliphatic rings. The number of hydrogen-bond donors (Lipinski definition) is 2. The van der Waals surface area contributed by atoms with Crippen LogP contribution in [0.25, 0.3) is 0 Å². The molecule has 78 valence electrons. The molecule has 1 aliphatic carbocycles. The normalized spacial score (nSPS) is 16.8. The summed E-state index contributed by atoms with van der Waals surface area (Å²) in [6.07, 6.45) is 4.79. The van der Waals surface area contributed by atoms with Crippen LogP contribution in [0.1, 0.15) is 25.7 Å². The minimum atomic E-state index is 0.323. The van der Waals surface area contributed by atoms with E-state index in [9.17, 15) is 0 Å². The van der Waals surface area contributed by atoms with E-state index in [0.717, 1.165) is 38.5 Å². The smallest absolute Gasteiger partial charge is 0.0431 e. The van der Waals surface area contributed by atoms with Gasteiger partial charge in [0.25, 0.3) is 0 Å². The van der Waals surface area contributed by atoms with Gasteiger partial charge in [-0.25, -0.2) is 0 Å². The first-order valence-electron chi connectivity index (χ1n) is 5.36. The number of unbranched alkanes of at least 4 members (excludes halogenated alkanes) is 1. The van der Waals surface area contributed by atoms with Crippen LogP contribution >= 0.6 is 0 Å². The summed E-state index contributed by atoms with van der Waals surface area (Å²) in [5.74, 6) is 0. The molecular weight excluding hydrogens is 164 g/mol. The number of aliphatic hydroxyl groups is 1. The van der Waals surface area contributed by atoms with E-state index in [1.807, 2.05) is 0 Å². The summed E-state index contributed by atoms with van der Waals surface area (Å²) < 4.78 is 0. The fraction of sp³-hybridized carbons (Fsp3) is 1.00. The maximum Gasteiger partial charge on any atom is 0.0431 e. The zero-order valence-corrected chi connectivity index (χ0v) is 8.63. The van der Waals surface area contributed by atoms with Gasteiger partial charge < -0.3 is 15.3 Å². The Labute approximate surface area is 81.1 Å². The molecule has 0 radical (unpaired) electrons. The number of rotatable bonds is 8. The fourth-order valence-electron chi connectivity index (χ4n) is 1.44. The summed E-state index contributed by atoms with van der Waals surface area (Å²) >= 11 is 0. The molecule has 2 N–H and O–H groups in total. The van der Waals surface area contributed by atoms with Gasteiger partial charge in [-0.3, -0.25) is 0 Å². The lowest BCUT2D eigenvalue weighted by Gasteiger charge is -2.15. The molecule has 0 aliphatic heterocycles. The average Bonchev–Trinajstić information content (AvgIpc) is 2.93. The van der Waals surface area contributed by atoms with Gasteiger partial charge in [-0.15, -0.1) is 0 Å². The molecule has 0 saturated heterocycles. The molecule has 13 heavy (non-hydrogen) atoms. The van der Waals surface area contributed by atoms with Gasteiger partial charge >= 0.3 is 0 Å². The highest BCUT2D eigenvalue weighted by Crippen LogP contribution is 2.24. The van der Waals surface area contributed by atoms with Gasteiger partial charge in [-0.1, -0.05) is 0 Å². The molecule has 1 rings (SSSR count). The first-order valence-corrected chi connectivity index (χ1v) is 5.36. The number of nitrogens with one attached hydrogen (secondary N) is 1. The summed E-state index contributed by atoms with van der Waals surface area (Å²) in [6, 6.07) is 0.874. The van der Waals surface area contributed by atoms with Crippen molar-refractivity contribution in [1.82, 2.24) is 10.2 Å². The van der Waals surface area contributed by atoms with E-state index < -0.39 is 0 Å². The third kappa shape index (κ3) is 5.24.